The van der Waals surface area contributed by atoms with E-state index in [1.807, 2.05) is 24.0 Å². The van der Waals surface area contributed by atoms with Crippen molar-refractivity contribution in [3.63, 3.8) is 0 Å². The molecule has 1 unspecified atom stereocenters. The number of amides is 1. The summed E-state index contributed by atoms with van der Waals surface area (Å²) in [5.41, 5.74) is 3.19. The van der Waals surface area contributed by atoms with E-state index in [1.54, 1.807) is 6.07 Å². The third kappa shape index (κ3) is 2.22. The van der Waals surface area contributed by atoms with Crippen LogP contribution in [0.2, 0.25) is 0 Å². The van der Waals surface area contributed by atoms with Crippen LogP contribution in [0.5, 0.6) is 0 Å². The Kier molecular flexibility index (Phi) is 3.30. The normalized spacial score (nSPS) is 18.5. The van der Waals surface area contributed by atoms with Crippen molar-refractivity contribution < 1.29 is 9.32 Å². The minimum atomic E-state index is -0.0589. The molecule has 1 aliphatic rings. The van der Waals surface area contributed by atoms with Crippen molar-refractivity contribution >= 4 is 5.91 Å². The standard InChI is InChI=1S/C16H18N2O2/c1-11-6-3-4-7-13(11)14-8-5-9-18(14)16(19)15-10-12(2)17-20-15/h3-4,6-7,10,14H,5,8-9H2,1-2H3. The monoisotopic (exact) mass is 270 g/mol. The van der Waals surface area contributed by atoms with Gasteiger partial charge in [0.25, 0.3) is 5.91 Å². The van der Waals surface area contributed by atoms with Gasteiger partial charge in [-0.3, -0.25) is 4.79 Å². The minimum absolute atomic E-state index is 0.0589. The summed E-state index contributed by atoms with van der Waals surface area (Å²) in [4.78, 5) is 14.5. The second kappa shape index (κ2) is 5.12. The Hall–Kier alpha value is -2.10. The Balaban J connectivity index is 1.90. The summed E-state index contributed by atoms with van der Waals surface area (Å²) in [6.07, 6.45) is 2.03. The number of benzene rings is 1. The molecule has 0 saturated carbocycles. The Morgan fingerprint density at radius 2 is 2.15 bits per heavy atom. The van der Waals surface area contributed by atoms with Crippen LogP contribution in [0.25, 0.3) is 0 Å². The lowest BCUT2D eigenvalue weighted by Gasteiger charge is -2.25. The number of hydrogen-bond acceptors (Lipinski definition) is 3. The van der Waals surface area contributed by atoms with E-state index in [4.69, 9.17) is 4.52 Å². The summed E-state index contributed by atoms with van der Waals surface area (Å²) in [5, 5.41) is 3.80. The number of likely N-dealkylation sites (tertiary alicyclic amines) is 1. The maximum absolute atomic E-state index is 12.5. The van der Waals surface area contributed by atoms with E-state index in [-0.39, 0.29) is 11.9 Å². The fraction of sp³-hybridized carbons (Fsp3) is 0.375. The van der Waals surface area contributed by atoms with E-state index in [2.05, 4.69) is 24.2 Å². The van der Waals surface area contributed by atoms with Gasteiger partial charge in [-0.2, -0.15) is 0 Å². The Bertz CT molecular complexity index is 633. The van der Waals surface area contributed by atoms with E-state index < -0.39 is 0 Å². The molecular formula is C16H18N2O2. The fourth-order valence-corrected chi connectivity index (χ4v) is 2.90. The lowest BCUT2D eigenvalue weighted by Crippen LogP contribution is -2.30. The molecule has 3 rings (SSSR count). The zero-order valence-electron chi connectivity index (χ0n) is 11.8. The molecule has 4 nitrogen and oxygen atoms in total. The third-order valence-corrected chi connectivity index (χ3v) is 3.90. The highest BCUT2D eigenvalue weighted by molar-refractivity contribution is 5.92. The number of carbonyl (C=O) groups excluding carboxylic acids is 1. The van der Waals surface area contributed by atoms with Crippen LogP contribution >= 0.6 is 0 Å². The number of rotatable bonds is 2. The lowest BCUT2D eigenvalue weighted by molar-refractivity contribution is 0.0693. The summed E-state index contributed by atoms with van der Waals surface area (Å²) in [7, 11) is 0. The highest BCUT2D eigenvalue weighted by Gasteiger charge is 2.32. The van der Waals surface area contributed by atoms with Crippen molar-refractivity contribution in [3.05, 3.63) is 52.9 Å². The fourth-order valence-electron chi connectivity index (χ4n) is 2.90. The smallest absolute Gasteiger partial charge is 0.292 e. The van der Waals surface area contributed by atoms with Gasteiger partial charge in [-0.05, 0) is 37.8 Å². The summed E-state index contributed by atoms with van der Waals surface area (Å²) in [5.74, 6) is 0.277. The predicted octanol–water partition coefficient (Wildman–Crippen LogP) is 3.27. The van der Waals surface area contributed by atoms with Crippen LogP contribution in [-0.2, 0) is 0 Å². The van der Waals surface area contributed by atoms with Crippen molar-refractivity contribution in [1.82, 2.24) is 10.1 Å². The summed E-state index contributed by atoms with van der Waals surface area (Å²) < 4.78 is 5.11. The van der Waals surface area contributed by atoms with E-state index in [1.165, 1.54) is 11.1 Å². The molecule has 1 fully saturated rings. The van der Waals surface area contributed by atoms with Gasteiger partial charge in [0.15, 0.2) is 0 Å². The van der Waals surface area contributed by atoms with Crippen LogP contribution in [0.1, 0.15) is 46.3 Å². The molecule has 2 heterocycles. The summed E-state index contributed by atoms with van der Waals surface area (Å²) >= 11 is 0. The van der Waals surface area contributed by atoms with Gasteiger partial charge in [0.05, 0.1) is 11.7 Å². The molecular weight excluding hydrogens is 252 g/mol. The van der Waals surface area contributed by atoms with E-state index in [0.29, 0.717) is 5.76 Å². The number of hydrogen-bond donors (Lipinski definition) is 0. The molecule has 0 bridgehead atoms. The zero-order valence-corrected chi connectivity index (χ0v) is 11.8. The number of carbonyl (C=O) groups is 1. The molecule has 1 saturated heterocycles. The van der Waals surface area contributed by atoms with Gasteiger partial charge in [0.1, 0.15) is 0 Å². The first kappa shape index (κ1) is 12.9. The molecule has 1 aromatic heterocycles. The Morgan fingerprint density at radius 3 is 2.85 bits per heavy atom. The Labute approximate surface area is 118 Å². The molecule has 1 aliphatic heterocycles. The van der Waals surface area contributed by atoms with Gasteiger partial charge in [-0.25, -0.2) is 0 Å². The van der Waals surface area contributed by atoms with Crippen LogP contribution in [0.3, 0.4) is 0 Å². The van der Waals surface area contributed by atoms with E-state index >= 15 is 0 Å². The maximum atomic E-state index is 12.5. The first-order valence-electron chi connectivity index (χ1n) is 6.96. The van der Waals surface area contributed by atoms with Crippen LogP contribution in [0.4, 0.5) is 0 Å². The van der Waals surface area contributed by atoms with Gasteiger partial charge in [0, 0.05) is 12.6 Å². The second-order valence-electron chi connectivity index (χ2n) is 5.35. The maximum Gasteiger partial charge on any atom is 0.292 e. The van der Waals surface area contributed by atoms with Crippen molar-refractivity contribution in [2.24, 2.45) is 0 Å². The SMILES string of the molecule is Cc1cc(C(=O)N2CCCC2c2ccccc2C)on1. The molecule has 0 aliphatic carbocycles. The van der Waals surface area contributed by atoms with Crippen LogP contribution < -0.4 is 0 Å². The first-order valence-corrected chi connectivity index (χ1v) is 6.96. The molecule has 0 N–H and O–H groups in total. The van der Waals surface area contributed by atoms with Crippen LogP contribution in [0.15, 0.2) is 34.9 Å². The van der Waals surface area contributed by atoms with Gasteiger partial charge in [-0.15, -0.1) is 0 Å². The van der Waals surface area contributed by atoms with E-state index in [0.717, 1.165) is 25.1 Å². The van der Waals surface area contributed by atoms with Gasteiger partial charge in [-0.1, -0.05) is 29.4 Å². The zero-order chi connectivity index (χ0) is 14.1. The molecule has 1 aromatic carbocycles. The van der Waals surface area contributed by atoms with Crippen molar-refractivity contribution in [1.29, 1.82) is 0 Å². The lowest BCUT2D eigenvalue weighted by atomic mass is 9.99. The van der Waals surface area contributed by atoms with Gasteiger partial charge in [0.2, 0.25) is 5.76 Å². The highest BCUT2D eigenvalue weighted by Crippen LogP contribution is 2.34. The van der Waals surface area contributed by atoms with Crippen LogP contribution in [-0.4, -0.2) is 22.5 Å². The third-order valence-electron chi connectivity index (χ3n) is 3.90. The molecule has 2 aromatic rings. The topological polar surface area (TPSA) is 46.3 Å². The molecule has 0 radical (unpaired) electrons. The largest absolute Gasteiger partial charge is 0.351 e. The van der Waals surface area contributed by atoms with Gasteiger partial charge >= 0.3 is 0 Å². The highest BCUT2D eigenvalue weighted by atomic mass is 16.5. The molecule has 0 spiro atoms. The molecule has 1 amide bonds. The minimum Gasteiger partial charge on any atom is -0.351 e. The van der Waals surface area contributed by atoms with Crippen LogP contribution in [0, 0.1) is 13.8 Å². The quantitative estimate of drug-likeness (QED) is 0.841. The van der Waals surface area contributed by atoms with E-state index in [9.17, 15) is 4.79 Å². The number of aryl methyl sites for hydroxylation is 2. The number of aromatic nitrogens is 1. The average Bonchev–Trinajstić information content (AvgIpc) is 3.07. The predicted molar refractivity (Wildman–Crippen MR) is 75.4 cm³/mol. The summed E-state index contributed by atoms with van der Waals surface area (Å²) in [6, 6.07) is 10.1. The van der Waals surface area contributed by atoms with Crippen molar-refractivity contribution in [3.8, 4) is 0 Å². The van der Waals surface area contributed by atoms with Crippen molar-refractivity contribution in [2.45, 2.75) is 32.7 Å². The molecule has 1 atom stereocenters. The Morgan fingerprint density at radius 1 is 1.35 bits per heavy atom. The average molecular weight is 270 g/mol. The first-order chi connectivity index (χ1) is 9.66. The molecule has 20 heavy (non-hydrogen) atoms. The number of nitrogens with zero attached hydrogens (tertiary/aromatic N) is 2. The molecule has 4 heteroatoms. The van der Waals surface area contributed by atoms with Crippen molar-refractivity contribution in [2.75, 3.05) is 6.54 Å². The molecule has 104 valence electrons. The van der Waals surface area contributed by atoms with Gasteiger partial charge < -0.3 is 9.42 Å². The second-order valence-corrected chi connectivity index (χ2v) is 5.35. The summed E-state index contributed by atoms with van der Waals surface area (Å²) in [6.45, 7) is 4.69.